The molecule has 0 N–H and O–H groups in total. The van der Waals surface area contributed by atoms with Crippen LogP contribution in [0.4, 0.5) is 0 Å². The van der Waals surface area contributed by atoms with Crippen LogP contribution in [0.15, 0.2) is 55.9 Å². The molecule has 21 heavy (non-hydrogen) atoms. The Hall–Kier alpha value is -2.15. The van der Waals surface area contributed by atoms with E-state index >= 15 is 0 Å². The number of nitrogens with zero attached hydrogens (tertiary/aromatic N) is 1. The molecule has 2 aromatic rings. The number of aromatic nitrogens is 1. The molecule has 0 aliphatic heterocycles. The van der Waals surface area contributed by atoms with Crippen LogP contribution in [0.25, 0.3) is 11.1 Å². The monoisotopic (exact) mass is 275 g/mol. The Kier molecular flexibility index (Phi) is 4.01. The predicted octanol–water partition coefficient (Wildman–Crippen LogP) is 5.08. The summed E-state index contributed by atoms with van der Waals surface area (Å²) in [4.78, 5) is 4.05. The molecule has 0 saturated heterocycles. The van der Waals surface area contributed by atoms with Crippen LogP contribution in [-0.4, -0.2) is 4.98 Å². The standard InChI is InChI=1S/C20H21N/c1-15(17-10-12-21-13-11-17)6-7-16(2)19-9-8-18-4-3-5-20(18)14-19/h8-14H,1-7H2. The highest BCUT2D eigenvalue weighted by atomic mass is 14.6. The Labute approximate surface area is 127 Å². The zero-order valence-corrected chi connectivity index (χ0v) is 12.4. The van der Waals surface area contributed by atoms with Crippen molar-refractivity contribution in [3.8, 4) is 0 Å². The molecule has 0 radical (unpaired) electrons. The lowest BCUT2D eigenvalue weighted by Gasteiger charge is -2.10. The first-order chi connectivity index (χ1) is 10.2. The van der Waals surface area contributed by atoms with Gasteiger partial charge in [0.1, 0.15) is 0 Å². The van der Waals surface area contributed by atoms with Gasteiger partial charge in [0.05, 0.1) is 0 Å². The summed E-state index contributed by atoms with van der Waals surface area (Å²) in [6.07, 6.45) is 9.29. The molecule has 0 amide bonds. The second-order valence-corrected chi connectivity index (χ2v) is 5.78. The van der Waals surface area contributed by atoms with Crippen molar-refractivity contribution < 1.29 is 0 Å². The number of hydrogen-bond acceptors (Lipinski definition) is 1. The molecule has 0 atom stereocenters. The SMILES string of the molecule is C=C(CCC(=C)c1ccc2c(c1)CCC2)c1ccncc1. The van der Waals surface area contributed by atoms with Crippen molar-refractivity contribution in [2.45, 2.75) is 32.1 Å². The van der Waals surface area contributed by atoms with E-state index in [2.05, 4.69) is 36.3 Å². The molecule has 1 aliphatic rings. The summed E-state index contributed by atoms with van der Waals surface area (Å²) in [7, 11) is 0. The van der Waals surface area contributed by atoms with Gasteiger partial charge in [0.2, 0.25) is 0 Å². The van der Waals surface area contributed by atoms with E-state index in [1.165, 1.54) is 47.1 Å². The van der Waals surface area contributed by atoms with Crippen molar-refractivity contribution in [3.05, 3.63) is 78.1 Å². The lowest BCUT2D eigenvalue weighted by Crippen LogP contribution is -1.90. The average molecular weight is 275 g/mol. The van der Waals surface area contributed by atoms with Crippen LogP contribution >= 0.6 is 0 Å². The first kappa shape index (κ1) is 13.8. The summed E-state index contributed by atoms with van der Waals surface area (Å²) in [5.74, 6) is 0. The van der Waals surface area contributed by atoms with E-state index in [9.17, 15) is 0 Å². The van der Waals surface area contributed by atoms with E-state index in [4.69, 9.17) is 0 Å². The summed E-state index contributed by atoms with van der Waals surface area (Å²) in [6, 6.07) is 10.9. The maximum atomic E-state index is 4.26. The van der Waals surface area contributed by atoms with Gasteiger partial charge in [-0.05, 0) is 77.6 Å². The highest BCUT2D eigenvalue weighted by molar-refractivity contribution is 5.69. The van der Waals surface area contributed by atoms with Crippen molar-refractivity contribution in [2.24, 2.45) is 0 Å². The number of fused-ring (bicyclic) bond motifs is 1. The lowest BCUT2D eigenvalue weighted by atomic mass is 9.95. The third kappa shape index (κ3) is 3.13. The first-order valence-electron chi connectivity index (χ1n) is 7.62. The maximum Gasteiger partial charge on any atom is 0.0273 e. The molecule has 106 valence electrons. The van der Waals surface area contributed by atoms with Gasteiger partial charge in [-0.1, -0.05) is 31.4 Å². The molecule has 1 aromatic heterocycles. The van der Waals surface area contributed by atoms with Gasteiger partial charge < -0.3 is 0 Å². The van der Waals surface area contributed by atoms with Crippen molar-refractivity contribution in [2.75, 3.05) is 0 Å². The fourth-order valence-corrected chi connectivity index (χ4v) is 2.97. The van der Waals surface area contributed by atoms with Crippen LogP contribution in [0.3, 0.4) is 0 Å². The molecule has 0 fully saturated rings. The van der Waals surface area contributed by atoms with E-state index in [1.807, 2.05) is 24.5 Å². The Morgan fingerprint density at radius 1 is 0.857 bits per heavy atom. The van der Waals surface area contributed by atoms with Crippen LogP contribution < -0.4 is 0 Å². The largest absolute Gasteiger partial charge is 0.265 e. The van der Waals surface area contributed by atoms with Crippen molar-refractivity contribution in [3.63, 3.8) is 0 Å². The number of allylic oxidation sites excluding steroid dienone is 2. The molecule has 1 heterocycles. The van der Waals surface area contributed by atoms with Crippen molar-refractivity contribution in [1.82, 2.24) is 4.98 Å². The Morgan fingerprint density at radius 2 is 1.52 bits per heavy atom. The topological polar surface area (TPSA) is 12.9 Å². The number of pyridine rings is 1. The minimum atomic E-state index is 0.944. The minimum Gasteiger partial charge on any atom is -0.265 e. The lowest BCUT2D eigenvalue weighted by molar-refractivity contribution is 0.911. The fourth-order valence-electron chi connectivity index (χ4n) is 2.97. The molecular formula is C20H21N. The van der Waals surface area contributed by atoms with Gasteiger partial charge in [-0.3, -0.25) is 4.98 Å². The van der Waals surface area contributed by atoms with Gasteiger partial charge in [0, 0.05) is 12.4 Å². The number of hydrogen-bond donors (Lipinski definition) is 0. The van der Waals surface area contributed by atoms with Gasteiger partial charge in [0.25, 0.3) is 0 Å². The molecule has 3 rings (SSSR count). The summed E-state index contributed by atoms with van der Waals surface area (Å²) in [5, 5.41) is 0. The summed E-state index contributed by atoms with van der Waals surface area (Å²) < 4.78 is 0. The Morgan fingerprint density at radius 3 is 2.29 bits per heavy atom. The third-order valence-corrected chi connectivity index (χ3v) is 4.32. The Bertz CT molecular complexity index is 667. The maximum absolute atomic E-state index is 4.26. The van der Waals surface area contributed by atoms with E-state index in [1.54, 1.807) is 0 Å². The van der Waals surface area contributed by atoms with Crippen molar-refractivity contribution in [1.29, 1.82) is 0 Å². The molecular weight excluding hydrogens is 254 g/mol. The van der Waals surface area contributed by atoms with Crippen LogP contribution in [0, 0.1) is 0 Å². The smallest absolute Gasteiger partial charge is 0.0273 e. The highest BCUT2D eigenvalue weighted by Crippen LogP contribution is 2.28. The van der Waals surface area contributed by atoms with Crippen LogP contribution in [0.5, 0.6) is 0 Å². The highest BCUT2D eigenvalue weighted by Gasteiger charge is 2.11. The molecule has 0 saturated carbocycles. The van der Waals surface area contributed by atoms with Gasteiger partial charge in [-0.15, -0.1) is 0 Å². The summed E-state index contributed by atoms with van der Waals surface area (Å²) in [6.45, 7) is 8.44. The fraction of sp³-hybridized carbons (Fsp3) is 0.250. The van der Waals surface area contributed by atoms with Gasteiger partial charge in [-0.2, -0.15) is 0 Å². The van der Waals surface area contributed by atoms with E-state index in [0.29, 0.717) is 0 Å². The van der Waals surface area contributed by atoms with Gasteiger partial charge >= 0.3 is 0 Å². The molecule has 0 bridgehead atoms. The van der Waals surface area contributed by atoms with Gasteiger partial charge in [0.15, 0.2) is 0 Å². The zero-order valence-electron chi connectivity index (χ0n) is 12.4. The quantitative estimate of drug-likeness (QED) is 0.741. The summed E-state index contributed by atoms with van der Waals surface area (Å²) >= 11 is 0. The molecule has 1 heteroatoms. The van der Waals surface area contributed by atoms with E-state index in [-0.39, 0.29) is 0 Å². The molecule has 0 spiro atoms. The molecule has 1 aromatic carbocycles. The first-order valence-corrected chi connectivity index (χ1v) is 7.62. The van der Waals surface area contributed by atoms with E-state index in [0.717, 1.165) is 18.4 Å². The second-order valence-electron chi connectivity index (χ2n) is 5.78. The van der Waals surface area contributed by atoms with Crippen LogP contribution in [-0.2, 0) is 12.8 Å². The number of aryl methyl sites for hydroxylation is 2. The molecule has 0 unspecified atom stereocenters. The number of benzene rings is 1. The normalized spacial score (nSPS) is 13.0. The van der Waals surface area contributed by atoms with Crippen LogP contribution in [0.1, 0.15) is 41.5 Å². The predicted molar refractivity (Wildman–Crippen MR) is 90.0 cm³/mol. The molecule has 1 nitrogen and oxygen atoms in total. The molecule has 1 aliphatic carbocycles. The average Bonchev–Trinajstić information content (AvgIpc) is 3.00. The van der Waals surface area contributed by atoms with Crippen LogP contribution in [0.2, 0.25) is 0 Å². The zero-order chi connectivity index (χ0) is 14.7. The number of rotatable bonds is 5. The summed E-state index contributed by atoms with van der Waals surface area (Å²) in [5.41, 5.74) is 7.86. The minimum absolute atomic E-state index is 0.944. The van der Waals surface area contributed by atoms with Crippen molar-refractivity contribution >= 4 is 11.1 Å². The van der Waals surface area contributed by atoms with Gasteiger partial charge in [-0.25, -0.2) is 0 Å². The van der Waals surface area contributed by atoms with E-state index < -0.39 is 0 Å². The second kappa shape index (κ2) is 6.09. The third-order valence-electron chi connectivity index (χ3n) is 4.32. The Balaban J connectivity index is 1.63.